The predicted molar refractivity (Wildman–Crippen MR) is 75.6 cm³/mol. The van der Waals surface area contributed by atoms with Crippen LogP contribution in [0.25, 0.3) is 0 Å². The van der Waals surface area contributed by atoms with Crippen molar-refractivity contribution in [2.75, 3.05) is 11.5 Å². The van der Waals surface area contributed by atoms with Crippen molar-refractivity contribution in [3.05, 3.63) is 21.9 Å². The normalized spacial score (nSPS) is 23.2. The van der Waals surface area contributed by atoms with Gasteiger partial charge in [-0.25, -0.2) is 0 Å². The molecular formula is C13H21NS2. The molecule has 2 unspecified atom stereocenters. The van der Waals surface area contributed by atoms with E-state index in [9.17, 15) is 0 Å². The van der Waals surface area contributed by atoms with Crippen LogP contribution in [0.15, 0.2) is 12.1 Å². The highest BCUT2D eigenvalue weighted by atomic mass is 32.2. The number of rotatable bonds is 4. The van der Waals surface area contributed by atoms with Gasteiger partial charge in [0.1, 0.15) is 0 Å². The lowest BCUT2D eigenvalue weighted by Gasteiger charge is -2.25. The lowest BCUT2D eigenvalue weighted by molar-refractivity contribution is 0.456. The van der Waals surface area contributed by atoms with Crippen molar-refractivity contribution < 1.29 is 0 Å². The fourth-order valence-electron chi connectivity index (χ4n) is 2.13. The van der Waals surface area contributed by atoms with Gasteiger partial charge < -0.3 is 5.32 Å². The molecule has 0 aromatic carbocycles. The van der Waals surface area contributed by atoms with Gasteiger partial charge in [0.25, 0.3) is 0 Å². The first-order valence-corrected chi connectivity index (χ1v) is 8.19. The first-order chi connectivity index (χ1) is 7.79. The van der Waals surface area contributed by atoms with Gasteiger partial charge in [0.05, 0.1) is 0 Å². The molecule has 90 valence electrons. The van der Waals surface area contributed by atoms with Crippen molar-refractivity contribution in [1.29, 1.82) is 0 Å². The maximum atomic E-state index is 3.76. The smallest absolute Gasteiger partial charge is 0.0388 e. The molecule has 0 aliphatic carbocycles. The van der Waals surface area contributed by atoms with E-state index >= 15 is 0 Å². The van der Waals surface area contributed by atoms with E-state index in [0.29, 0.717) is 6.04 Å². The van der Waals surface area contributed by atoms with Crippen LogP contribution in [0.5, 0.6) is 0 Å². The van der Waals surface area contributed by atoms with E-state index in [2.05, 4.69) is 43.1 Å². The Balaban J connectivity index is 1.88. The highest BCUT2D eigenvalue weighted by Crippen LogP contribution is 2.25. The van der Waals surface area contributed by atoms with E-state index in [0.717, 1.165) is 12.5 Å². The first-order valence-electron chi connectivity index (χ1n) is 6.22. The predicted octanol–water partition coefficient (Wildman–Crippen LogP) is 3.86. The van der Waals surface area contributed by atoms with Crippen LogP contribution in [0.1, 0.15) is 42.5 Å². The average molecular weight is 255 g/mol. The monoisotopic (exact) mass is 255 g/mol. The van der Waals surface area contributed by atoms with Crippen LogP contribution in [-0.2, 0) is 6.42 Å². The molecular weight excluding hydrogens is 234 g/mol. The molecule has 1 aliphatic rings. The summed E-state index contributed by atoms with van der Waals surface area (Å²) >= 11 is 4.05. The van der Waals surface area contributed by atoms with Crippen LogP contribution < -0.4 is 5.32 Å². The number of thioether (sulfide) groups is 1. The van der Waals surface area contributed by atoms with E-state index in [1.807, 2.05) is 11.3 Å². The standard InChI is InChI=1S/C13H21NS2/c1-3-12-6-7-13(16-12)10(2)14-11-5-4-8-15-9-11/h6-7,10-11,14H,3-5,8-9H2,1-2H3. The second-order valence-electron chi connectivity index (χ2n) is 4.46. The molecule has 0 bridgehead atoms. The summed E-state index contributed by atoms with van der Waals surface area (Å²) in [6.07, 6.45) is 3.89. The Morgan fingerprint density at radius 2 is 2.38 bits per heavy atom. The number of nitrogens with one attached hydrogen (secondary N) is 1. The van der Waals surface area contributed by atoms with Gasteiger partial charge in [-0.2, -0.15) is 11.8 Å². The topological polar surface area (TPSA) is 12.0 Å². The van der Waals surface area contributed by atoms with Gasteiger partial charge in [0, 0.05) is 27.6 Å². The number of hydrogen-bond donors (Lipinski definition) is 1. The van der Waals surface area contributed by atoms with Gasteiger partial charge in [0.2, 0.25) is 0 Å². The number of hydrogen-bond acceptors (Lipinski definition) is 3. The van der Waals surface area contributed by atoms with Crippen molar-refractivity contribution in [2.45, 2.75) is 45.2 Å². The lowest BCUT2D eigenvalue weighted by atomic mass is 10.1. The molecule has 1 aromatic rings. The Labute approximate surface area is 107 Å². The second-order valence-corrected chi connectivity index (χ2v) is 6.81. The van der Waals surface area contributed by atoms with E-state index in [1.54, 1.807) is 0 Å². The summed E-state index contributed by atoms with van der Waals surface area (Å²) in [5, 5.41) is 3.76. The van der Waals surface area contributed by atoms with Crippen molar-refractivity contribution in [3.63, 3.8) is 0 Å². The molecule has 3 heteroatoms. The Hall–Kier alpha value is 0.01000. The van der Waals surface area contributed by atoms with E-state index in [1.165, 1.54) is 34.1 Å². The Morgan fingerprint density at radius 1 is 1.50 bits per heavy atom. The van der Waals surface area contributed by atoms with Gasteiger partial charge in [0.15, 0.2) is 0 Å². The van der Waals surface area contributed by atoms with Gasteiger partial charge in [-0.15, -0.1) is 11.3 Å². The number of thiophene rings is 1. The summed E-state index contributed by atoms with van der Waals surface area (Å²) in [4.78, 5) is 2.99. The highest BCUT2D eigenvalue weighted by Gasteiger charge is 2.17. The number of aryl methyl sites for hydroxylation is 1. The third-order valence-corrected chi connectivity index (χ3v) is 5.73. The van der Waals surface area contributed by atoms with Gasteiger partial charge in [-0.1, -0.05) is 6.92 Å². The fraction of sp³-hybridized carbons (Fsp3) is 0.692. The molecule has 1 nitrogen and oxygen atoms in total. The van der Waals surface area contributed by atoms with E-state index < -0.39 is 0 Å². The van der Waals surface area contributed by atoms with Crippen molar-refractivity contribution >= 4 is 23.1 Å². The quantitative estimate of drug-likeness (QED) is 0.877. The summed E-state index contributed by atoms with van der Waals surface area (Å²) < 4.78 is 0. The first kappa shape index (κ1) is 12.5. The third kappa shape index (κ3) is 3.25. The zero-order valence-electron chi connectivity index (χ0n) is 10.2. The zero-order chi connectivity index (χ0) is 11.4. The molecule has 1 saturated heterocycles. The minimum absolute atomic E-state index is 0.522. The summed E-state index contributed by atoms with van der Waals surface area (Å²) in [7, 11) is 0. The Bertz CT molecular complexity index is 315. The van der Waals surface area contributed by atoms with Crippen molar-refractivity contribution in [3.8, 4) is 0 Å². The lowest BCUT2D eigenvalue weighted by Crippen LogP contribution is -2.35. The summed E-state index contributed by atoms with van der Waals surface area (Å²) in [6, 6.07) is 5.81. The molecule has 16 heavy (non-hydrogen) atoms. The van der Waals surface area contributed by atoms with Crippen molar-refractivity contribution in [2.24, 2.45) is 0 Å². The molecule has 2 rings (SSSR count). The van der Waals surface area contributed by atoms with Crippen LogP contribution >= 0.6 is 23.1 Å². The van der Waals surface area contributed by atoms with E-state index in [-0.39, 0.29) is 0 Å². The largest absolute Gasteiger partial charge is 0.306 e. The highest BCUT2D eigenvalue weighted by molar-refractivity contribution is 7.99. The van der Waals surface area contributed by atoms with Crippen LogP contribution in [0, 0.1) is 0 Å². The third-order valence-electron chi connectivity index (χ3n) is 3.10. The van der Waals surface area contributed by atoms with Gasteiger partial charge >= 0.3 is 0 Å². The van der Waals surface area contributed by atoms with Gasteiger partial charge in [-0.3, -0.25) is 0 Å². The molecule has 0 saturated carbocycles. The van der Waals surface area contributed by atoms with Crippen molar-refractivity contribution in [1.82, 2.24) is 5.32 Å². The molecule has 0 amide bonds. The fourth-order valence-corrected chi connectivity index (χ4v) is 4.17. The average Bonchev–Trinajstić information content (AvgIpc) is 2.79. The maximum Gasteiger partial charge on any atom is 0.0388 e. The molecule has 2 heterocycles. The molecule has 0 spiro atoms. The zero-order valence-corrected chi connectivity index (χ0v) is 11.8. The van der Waals surface area contributed by atoms with Crippen LogP contribution in [0.2, 0.25) is 0 Å². The Kier molecular flexibility index (Phi) is 4.74. The van der Waals surface area contributed by atoms with Gasteiger partial charge in [-0.05, 0) is 44.1 Å². The molecule has 1 fully saturated rings. The summed E-state index contributed by atoms with van der Waals surface area (Å²) in [6.45, 7) is 4.52. The van der Waals surface area contributed by atoms with Crippen LogP contribution in [0.4, 0.5) is 0 Å². The summed E-state index contributed by atoms with van der Waals surface area (Å²) in [5.41, 5.74) is 0. The SMILES string of the molecule is CCc1ccc(C(C)NC2CCCSC2)s1. The van der Waals surface area contributed by atoms with Crippen LogP contribution in [0.3, 0.4) is 0 Å². The molecule has 1 aromatic heterocycles. The maximum absolute atomic E-state index is 3.76. The van der Waals surface area contributed by atoms with Crippen LogP contribution in [-0.4, -0.2) is 17.5 Å². The Morgan fingerprint density at radius 3 is 3.00 bits per heavy atom. The second kappa shape index (κ2) is 6.08. The minimum atomic E-state index is 0.522. The molecule has 2 atom stereocenters. The molecule has 1 aliphatic heterocycles. The molecule has 0 radical (unpaired) electrons. The summed E-state index contributed by atoms with van der Waals surface area (Å²) in [5.74, 6) is 2.64. The minimum Gasteiger partial charge on any atom is -0.306 e. The molecule has 1 N–H and O–H groups in total. The van der Waals surface area contributed by atoms with E-state index in [4.69, 9.17) is 0 Å².